The van der Waals surface area contributed by atoms with Crippen LogP contribution >= 0.6 is 0 Å². The zero-order valence-corrected chi connectivity index (χ0v) is 40.3. The molecule has 328 valence electrons. The lowest BCUT2D eigenvalue weighted by atomic mass is 9.80. The molecule has 70 heavy (non-hydrogen) atoms. The Bertz CT molecular complexity index is 4800. The summed E-state index contributed by atoms with van der Waals surface area (Å²) in [5.41, 5.74) is 16.7. The second kappa shape index (κ2) is 13.4. The lowest BCUT2D eigenvalue weighted by Gasteiger charge is -2.24. The Morgan fingerprint density at radius 2 is 0.714 bits per heavy atom. The van der Waals surface area contributed by atoms with Crippen molar-refractivity contribution < 1.29 is 0 Å². The van der Waals surface area contributed by atoms with Crippen molar-refractivity contribution in [1.29, 1.82) is 0 Å². The normalized spacial score (nSPS) is 13.0. The van der Waals surface area contributed by atoms with Gasteiger partial charge in [-0.05, 0) is 217 Å². The third-order valence-corrected chi connectivity index (χ3v) is 17.1. The van der Waals surface area contributed by atoms with Crippen molar-refractivity contribution in [2.45, 2.75) is 53.4 Å². The van der Waals surface area contributed by atoms with Gasteiger partial charge in [-0.1, -0.05) is 191 Å². The van der Waals surface area contributed by atoms with E-state index in [1.807, 2.05) is 0 Å². The van der Waals surface area contributed by atoms with E-state index in [0.717, 1.165) is 0 Å². The number of fused-ring (bicyclic) bond motifs is 14. The predicted octanol–water partition coefficient (Wildman–Crippen LogP) is 20.5. The second-order valence-corrected chi connectivity index (χ2v) is 21.3. The summed E-state index contributed by atoms with van der Waals surface area (Å²) in [6.07, 6.45) is 0. The van der Waals surface area contributed by atoms with Crippen LogP contribution in [0.4, 0.5) is 0 Å². The van der Waals surface area contributed by atoms with Crippen molar-refractivity contribution in [2.24, 2.45) is 0 Å². The Morgan fingerprint density at radius 1 is 0.243 bits per heavy atom. The minimum Gasteiger partial charge on any atom is -0.0622 e. The molecule has 0 spiro atoms. The van der Waals surface area contributed by atoms with E-state index in [1.165, 1.54) is 185 Å². The van der Waals surface area contributed by atoms with Gasteiger partial charge in [-0.15, -0.1) is 0 Å². The highest BCUT2D eigenvalue weighted by molar-refractivity contribution is 6.49. The topological polar surface area (TPSA) is 0 Å². The van der Waals surface area contributed by atoms with Crippen molar-refractivity contribution >= 4 is 118 Å². The van der Waals surface area contributed by atoms with E-state index in [0.29, 0.717) is 11.8 Å². The van der Waals surface area contributed by atoms with Crippen LogP contribution in [0.2, 0.25) is 0 Å². The summed E-state index contributed by atoms with van der Waals surface area (Å²) >= 11 is 0. The molecule has 0 N–H and O–H groups in total. The van der Waals surface area contributed by atoms with Crippen LogP contribution in [0.5, 0.6) is 0 Å². The first-order chi connectivity index (χ1) is 34.3. The first-order valence-corrected chi connectivity index (χ1v) is 25.4. The molecule has 0 amide bonds. The number of benzene rings is 13. The van der Waals surface area contributed by atoms with Gasteiger partial charge in [0.05, 0.1) is 0 Å². The zero-order chi connectivity index (χ0) is 46.6. The van der Waals surface area contributed by atoms with E-state index in [4.69, 9.17) is 0 Å². The third-order valence-electron chi connectivity index (χ3n) is 17.1. The average Bonchev–Trinajstić information content (AvgIpc) is 4.02. The fourth-order valence-corrected chi connectivity index (χ4v) is 14.7. The molecule has 0 fully saturated rings. The van der Waals surface area contributed by atoms with Crippen molar-refractivity contribution in [1.82, 2.24) is 0 Å². The van der Waals surface area contributed by atoms with E-state index >= 15 is 0 Å². The van der Waals surface area contributed by atoms with Gasteiger partial charge in [0.1, 0.15) is 0 Å². The van der Waals surface area contributed by atoms with Crippen LogP contribution < -0.4 is 0 Å². The summed E-state index contributed by atoms with van der Waals surface area (Å²) in [7, 11) is 0. The molecule has 0 saturated heterocycles. The zero-order valence-electron chi connectivity index (χ0n) is 40.3. The maximum Gasteiger partial charge on any atom is -0.000718 e. The molecular formula is C70H48. The molecule has 0 bridgehead atoms. The van der Waals surface area contributed by atoms with Gasteiger partial charge in [-0.3, -0.25) is 0 Å². The van der Waals surface area contributed by atoms with Gasteiger partial charge in [0.2, 0.25) is 0 Å². The molecule has 15 aromatic rings. The van der Waals surface area contributed by atoms with E-state index in [9.17, 15) is 0 Å². The van der Waals surface area contributed by atoms with Crippen LogP contribution in [-0.4, -0.2) is 0 Å². The molecule has 0 unspecified atom stereocenters. The maximum atomic E-state index is 2.58. The highest BCUT2D eigenvalue weighted by Crippen LogP contribution is 2.61. The fourth-order valence-electron chi connectivity index (χ4n) is 14.7. The molecule has 0 heteroatoms. The Balaban J connectivity index is 1.13. The standard InChI is InChI=1S/C70H48/c1-35(2)55-44-24-15-16-25-45(44)56(36(3)4)70-58-38(6)32-51-46-28-29-49-63-50(31-30-48(62(46)63)57-37(5)33-53(68(55)70)69(58)67(51)57)66-60(40-20-11-8-12-21-40)64-47-27-17-26-43-41-22-13-14-23-42(41)52(61(43)47)34-54(64)59(65(49)66)39-18-9-7-10-19-39/h7-36H,1-6H3. The van der Waals surface area contributed by atoms with Gasteiger partial charge in [0, 0.05) is 0 Å². The number of hydrogen-bond donors (Lipinski definition) is 0. The Labute approximate surface area is 406 Å². The van der Waals surface area contributed by atoms with Crippen LogP contribution in [0, 0.1) is 13.8 Å². The Kier molecular flexibility index (Phi) is 7.43. The fraction of sp³-hybridized carbons (Fsp3) is 0.114. The number of rotatable bonds is 4. The van der Waals surface area contributed by atoms with Gasteiger partial charge in [-0.2, -0.15) is 0 Å². The minimum atomic E-state index is 0.370. The molecule has 0 aromatic heterocycles. The number of hydrogen-bond acceptors (Lipinski definition) is 0. The molecule has 0 atom stereocenters. The SMILES string of the molecule is Cc1cc2c3ccc4c5c(-c6ccccc6)c6cc7c8ccccc8c8cccc(c6c(-c6ccccc6)c5c5ccc(c6c(C)cc9c(c1-c1c-9c(C(C)C)c9ccccc9c1C(C)C)c26)c3c45)c87. The summed E-state index contributed by atoms with van der Waals surface area (Å²) < 4.78 is 0. The van der Waals surface area contributed by atoms with Crippen LogP contribution in [0.25, 0.3) is 163 Å². The van der Waals surface area contributed by atoms with E-state index in [2.05, 4.69) is 211 Å². The van der Waals surface area contributed by atoms with Crippen molar-refractivity contribution in [3.63, 3.8) is 0 Å². The molecular weight excluding hydrogens is 841 g/mol. The van der Waals surface area contributed by atoms with Crippen LogP contribution in [-0.2, 0) is 0 Å². The first kappa shape index (κ1) is 38.9. The molecule has 1 aliphatic rings. The van der Waals surface area contributed by atoms with Crippen LogP contribution in [0.15, 0.2) is 170 Å². The van der Waals surface area contributed by atoms with Gasteiger partial charge >= 0.3 is 0 Å². The summed E-state index contributed by atoms with van der Waals surface area (Å²) in [6.45, 7) is 14.4. The Hall–Kier alpha value is -8.06. The van der Waals surface area contributed by atoms with Crippen molar-refractivity contribution in [3.05, 3.63) is 192 Å². The second-order valence-electron chi connectivity index (χ2n) is 21.3. The van der Waals surface area contributed by atoms with Crippen LogP contribution in [0.3, 0.4) is 0 Å². The molecule has 0 heterocycles. The molecule has 16 rings (SSSR count). The predicted molar refractivity (Wildman–Crippen MR) is 306 cm³/mol. The van der Waals surface area contributed by atoms with E-state index in [-0.39, 0.29) is 0 Å². The van der Waals surface area contributed by atoms with Crippen molar-refractivity contribution in [3.8, 4) is 44.5 Å². The molecule has 15 aromatic carbocycles. The first-order valence-electron chi connectivity index (χ1n) is 25.4. The van der Waals surface area contributed by atoms with E-state index < -0.39 is 0 Å². The molecule has 0 radical (unpaired) electrons. The summed E-state index contributed by atoms with van der Waals surface area (Å²) in [5, 5.41) is 30.0. The quantitative estimate of drug-likeness (QED) is 0.122. The Morgan fingerprint density at radius 3 is 1.37 bits per heavy atom. The van der Waals surface area contributed by atoms with Gasteiger partial charge < -0.3 is 0 Å². The van der Waals surface area contributed by atoms with E-state index in [1.54, 1.807) is 0 Å². The maximum absolute atomic E-state index is 2.58. The highest BCUT2D eigenvalue weighted by atomic mass is 14.4. The highest BCUT2D eigenvalue weighted by Gasteiger charge is 2.35. The average molecular weight is 889 g/mol. The summed E-state index contributed by atoms with van der Waals surface area (Å²) in [4.78, 5) is 0. The monoisotopic (exact) mass is 888 g/mol. The number of aryl methyl sites for hydroxylation is 2. The molecule has 0 aliphatic heterocycles. The van der Waals surface area contributed by atoms with Gasteiger partial charge in [0.25, 0.3) is 0 Å². The largest absolute Gasteiger partial charge is 0.0622 e. The third kappa shape index (κ3) is 4.55. The summed E-state index contributed by atoms with van der Waals surface area (Å²) in [6, 6.07) is 65.6. The lowest BCUT2D eigenvalue weighted by Crippen LogP contribution is -2.02. The molecule has 0 nitrogen and oxygen atoms in total. The van der Waals surface area contributed by atoms with Crippen LogP contribution in [0.1, 0.15) is 61.8 Å². The molecule has 0 saturated carbocycles. The van der Waals surface area contributed by atoms with Crippen molar-refractivity contribution in [2.75, 3.05) is 0 Å². The smallest absolute Gasteiger partial charge is 0.000718 e. The van der Waals surface area contributed by atoms with Gasteiger partial charge in [0.15, 0.2) is 0 Å². The summed E-state index contributed by atoms with van der Waals surface area (Å²) in [5.74, 6) is 0.740. The minimum absolute atomic E-state index is 0.370. The van der Waals surface area contributed by atoms with Gasteiger partial charge in [-0.25, -0.2) is 0 Å². The lowest BCUT2D eigenvalue weighted by molar-refractivity contribution is 0.864. The molecule has 1 aliphatic carbocycles.